The Kier molecular flexibility index (Phi) is 5.34. The van der Waals surface area contributed by atoms with Crippen LogP contribution in [-0.2, 0) is 0 Å². The predicted octanol–water partition coefficient (Wildman–Crippen LogP) is 5.62. The number of nitrogens with zero attached hydrogens (tertiary/aromatic N) is 5. The van der Waals surface area contributed by atoms with E-state index in [2.05, 4.69) is 21.3 Å². The molecule has 0 bridgehead atoms. The highest BCUT2D eigenvalue weighted by Crippen LogP contribution is 2.34. The van der Waals surface area contributed by atoms with Crippen LogP contribution in [0.25, 0.3) is 17.1 Å². The zero-order valence-corrected chi connectivity index (χ0v) is 17.4. The van der Waals surface area contributed by atoms with E-state index in [1.54, 1.807) is 0 Å². The Bertz CT molecular complexity index is 1210. The predicted molar refractivity (Wildman–Crippen MR) is 114 cm³/mol. The van der Waals surface area contributed by atoms with Crippen molar-refractivity contribution in [2.24, 2.45) is 0 Å². The van der Waals surface area contributed by atoms with Gasteiger partial charge < -0.3 is 0 Å². The normalized spacial score (nSPS) is 10.7. The topological polar surface area (TPSA) is 67.4 Å². The molecule has 4 rings (SSSR count). The zero-order chi connectivity index (χ0) is 20.4. The van der Waals surface area contributed by atoms with Gasteiger partial charge >= 0.3 is 0 Å². The van der Waals surface area contributed by atoms with Crippen molar-refractivity contribution in [3.63, 3.8) is 0 Å². The molecule has 2 aromatic heterocycles. The summed E-state index contributed by atoms with van der Waals surface area (Å²) in [5.41, 5.74) is 4.11. The van der Waals surface area contributed by atoms with E-state index < -0.39 is 0 Å². The van der Waals surface area contributed by atoms with Crippen molar-refractivity contribution in [3.8, 4) is 23.1 Å². The van der Waals surface area contributed by atoms with Gasteiger partial charge in [0.05, 0.1) is 5.56 Å². The average molecular weight is 418 g/mol. The summed E-state index contributed by atoms with van der Waals surface area (Å²) in [4.78, 5) is 4.57. The van der Waals surface area contributed by atoms with E-state index in [-0.39, 0.29) is 0 Å². The molecule has 0 amide bonds. The largest absolute Gasteiger partial charge is 0.270 e. The molecule has 0 radical (unpaired) electrons. The Labute approximate surface area is 178 Å². The highest BCUT2D eigenvalue weighted by Gasteiger charge is 2.19. The molecular formula is C22H16ClN5S. The number of hydrogen-bond donors (Lipinski definition) is 0. The molecule has 0 spiro atoms. The third-order valence-electron chi connectivity index (χ3n) is 4.36. The molecule has 29 heavy (non-hydrogen) atoms. The van der Waals surface area contributed by atoms with Crippen LogP contribution in [0.3, 0.4) is 0 Å². The highest BCUT2D eigenvalue weighted by molar-refractivity contribution is 7.99. The first-order valence-corrected chi connectivity index (χ1v) is 10.1. The number of rotatable bonds is 4. The molecule has 2 heterocycles. The second-order valence-corrected chi connectivity index (χ2v) is 7.85. The van der Waals surface area contributed by atoms with Gasteiger partial charge in [0.15, 0.2) is 5.82 Å². The van der Waals surface area contributed by atoms with Gasteiger partial charge in [-0.15, -0.1) is 10.2 Å². The minimum absolute atomic E-state index is 0.549. The fraction of sp³-hybridized carbons (Fsp3) is 0.0909. The number of aromatic nitrogens is 4. The Morgan fingerprint density at radius 2 is 1.72 bits per heavy atom. The van der Waals surface area contributed by atoms with Gasteiger partial charge in [-0.05, 0) is 61.5 Å². The maximum absolute atomic E-state index is 9.61. The molecule has 0 atom stereocenters. The number of benzene rings is 2. The summed E-state index contributed by atoms with van der Waals surface area (Å²) in [6.07, 6.45) is 0. The van der Waals surface area contributed by atoms with Gasteiger partial charge in [-0.25, -0.2) is 4.98 Å². The first kappa shape index (κ1) is 19.2. The molecule has 0 fully saturated rings. The van der Waals surface area contributed by atoms with E-state index in [1.165, 1.54) is 11.8 Å². The third-order valence-corrected chi connectivity index (χ3v) is 5.55. The summed E-state index contributed by atoms with van der Waals surface area (Å²) in [6.45, 7) is 3.83. The molecule has 0 N–H and O–H groups in total. The monoisotopic (exact) mass is 417 g/mol. The number of halogens is 1. The second kappa shape index (κ2) is 8.08. The van der Waals surface area contributed by atoms with Crippen LogP contribution in [0.4, 0.5) is 0 Å². The van der Waals surface area contributed by atoms with Crippen LogP contribution in [0.2, 0.25) is 5.02 Å². The van der Waals surface area contributed by atoms with Gasteiger partial charge in [0.25, 0.3) is 0 Å². The van der Waals surface area contributed by atoms with E-state index in [0.717, 1.165) is 22.5 Å². The maximum Gasteiger partial charge on any atom is 0.202 e. The molecule has 142 valence electrons. The second-order valence-electron chi connectivity index (χ2n) is 6.46. The first-order chi connectivity index (χ1) is 14.1. The van der Waals surface area contributed by atoms with Crippen molar-refractivity contribution in [1.29, 1.82) is 5.26 Å². The van der Waals surface area contributed by atoms with Gasteiger partial charge in [0.2, 0.25) is 5.16 Å². The molecular weight excluding hydrogens is 402 g/mol. The van der Waals surface area contributed by atoms with Crippen LogP contribution in [0.1, 0.15) is 16.8 Å². The molecule has 0 aliphatic heterocycles. The third kappa shape index (κ3) is 3.88. The Balaban J connectivity index is 1.88. The maximum atomic E-state index is 9.61. The minimum Gasteiger partial charge on any atom is -0.270 e. The summed E-state index contributed by atoms with van der Waals surface area (Å²) < 4.78 is 1.96. The summed E-state index contributed by atoms with van der Waals surface area (Å²) >= 11 is 7.41. The number of pyridine rings is 1. The van der Waals surface area contributed by atoms with Gasteiger partial charge in [0.1, 0.15) is 11.1 Å². The molecule has 4 aromatic rings. The summed E-state index contributed by atoms with van der Waals surface area (Å²) in [7, 11) is 0. The van der Waals surface area contributed by atoms with Crippen molar-refractivity contribution in [1.82, 2.24) is 19.7 Å². The van der Waals surface area contributed by atoms with Crippen LogP contribution < -0.4 is 0 Å². The number of hydrogen-bond acceptors (Lipinski definition) is 5. The summed E-state index contributed by atoms with van der Waals surface area (Å²) in [5, 5.41) is 20.3. The average Bonchev–Trinajstić information content (AvgIpc) is 3.12. The quantitative estimate of drug-likeness (QED) is 0.431. The molecule has 5 nitrogen and oxygen atoms in total. The number of aryl methyl sites for hydroxylation is 2. The van der Waals surface area contributed by atoms with E-state index >= 15 is 0 Å². The van der Waals surface area contributed by atoms with Crippen molar-refractivity contribution < 1.29 is 0 Å². The SMILES string of the molecule is Cc1cc(C)c(C#N)c(Sc2nnc(-c3ccccc3)n2-c2ccc(Cl)cc2)n1. The first-order valence-electron chi connectivity index (χ1n) is 8.90. The fourth-order valence-corrected chi connectivity index (χ4v) is 4.19. The lowest BCUT2D eigenvalue weighted by atomic mass is 10.1. The smallest absolute Gasteiger partial charge is 0.202 e. The Morgan fingerprint density at radius 1 is 1.00 bits per heavy atom. The van der Waals surface area contributed by atoms with Crippen molar-refractivity contribution in [3.05, 3.63) is 82.5 Å². The van der Waals surface area contributed by atoms with Crippen molar-refractivity contribution >= 4 is 23.4 Å². The molecule has 0 aliphatic rings. The lowest BCUT2D eigenvalue weighted by Crippen LogP contribution is -2.01. The fourth-order valence-electron chi connectivity index (χ4n) is 3.03. The molecule has 0 saturated heterocycles. The van der Waals surface area contributed by atoms with E-state index in [1.807, 2.05) is 79.1 Å². The van der Waals surface area contributed by atoms with Gasteiger partial charge in [-0.1, -0.05) is 41.9 Å². The summed E-state index contributed by atoms with van der Waals surface area (Å²) in [5.74, 6) is 0.707. The van der Waals surface area contributed by atoms with Crippen LogP contribution >= 0.6 is 23.4 Å². The molecule has 7 heteroatoms. The molecule has 2 aromatic carbocycles. The summed E-state index contributed by atoms with van der Waals surface area (Å²) in [6, 6.07) is 21.5. The van der Waals surface area contributed by atoms with E-state index in [9.17, 15) is 5.26 Å². The van der Waals surface area contributed by atoms with Crippen LogP contribution in [-0.4, -0.2) is 19.7 Å². The van der Waals surface area contributed by atoms with Crippen molar-refractivity contribution in [2.45, 2.75) is 24.0 Å². The van der Waals surface area contributed by atoms with Crippen molar-refractivity contribution in [2.75, 3.05) is 0 Å². The van der Waals surface area contributed by atoms with E-state index in [0.29, 0.717) is 26.6 Å². The molecule has 0 aliphatic carbocycles. The standard InChI is InChI=1S/C22H16ClN5S/c1-14-12-15(2)25-21(19(14)13-24)29-22-27-26-20(16-6-4-3-5-7-16)28(22)18-10-8-17(23)9-11-18/h3-12H,1-2H3. The highest BCUT2D eigenvalue weighted by atomic mass is 35.5. The lowest BCUT2D eigenvalue weighted by Gasteiger charge is -2.11. The lowest BCUT2D eigenvalue weighted by molar-refractivity contribution is 0.880. The van der Waals surface area contributed by atoms with Crippen LogP contribution in [0, 0.1) is 25.2 Å². The molecule has 0 saturated carbocycles. The zero-order valence-electron chi connectivity index (χ0n) is 15.8. The van der Waals surface area contributed by atoms with Gasteiger partial charge in [-0.3, -0.25) is 4.57 Å². The minimum atomic E-state index is 0.549. The van der Waals surface area contributed by atoms with E-state index in [4.69, 9.17) is 11.6 Å². The Hall–Kier alpha value is -3.14. The Morgan fingerprint density at radius 3 is 2.41 bits per heavy atom. The van der Waals surface area contributed by atoms with Gasteiger partial charge in [-0.2, -0.15) is 5.26 Å². The van der Waals surface area contributed by atoms with Gasteiger partial charge in [0, 0.05) is 22.0 Å². The molecule has 0 unspecified atom stereocenters. The van der Waals surface area contributed by atoms with Crippen LogP contribution in [0.5, 0.6) is 0 Å². The number of nitriles is 1. The van der Waals surface area contributed by atoms with Crippen LogP contribution in [0.15, 0.2) is 70.8 Å².